The summed E-state index contributed by atoms with van der Waals surface area (Å²) in [7, 11) is -3.47. The monoisotopic (exact) mass is 313 g/mol. The van der Waals surface area contributed by atoms with Gasteiger partial charge in [-0.1, -0.05) is 19.9 Å². The first kappa shape index (κ1) is 15.6. The van der Waals surface area contributed by atoms with E-state index in [2.05, 4.69) is 0 Å². The van der Waals surface area contributed by atoms with Crippen molar-refractivity contribution in [2.24, 2.45) is 5.92 Å². The summed E-state index contributed by atoms with van der Waals surface area (Å²) in [5, 5.41) is 9.16. The lowest BCUT2D eigenvalue weighted by atomic mass is 10.1. The van der Waals surface area contributed by atoms with Crippen molar-refractivity contribution in [3.63, 3.8) is 0 Å². The van der Waals surface area contributed by atoms with Gasteiger partial charge in [0.1, 0.15) is 12.2 Å². The molecule has 1 heterocycles. The molecule has 0 amide bonds. The fourth-order valence-corrected chi connectivity index (χ4v) is 3.96. The average molecular weight is 313 g/mol. The van der Waals surface area contributed by atoms with Gasteiger partial charge in [-0.2, -0.15) is 0 Å². The first-order chi connectivity index (χ1) is 9.83. The van der Waals surface area contributed by atoms with Crippen molar-refractivity contribution < 1.29 is 23.1 Å². The van der Waals surface area contributed by atoms with Crippen LogP contribution in [-0.2, 0) is 10.0 Å². The Morgan fingerprint density at radius 3 is 2.76 bits per heavy atom. The van der Waals surface area contributed by atoms with Gasteiger partial charge in [0.05, 0.1) is 18.0 Å². The van der Waals surface area contributed by atoms with Crippen molar-refractivity contribution in [1.82, 2.24) is 0 Å². The lowest BCUT2D eigenvalue weighted by Crippen LogP contribution is -2.40. The normalized spacial score (nSPS) is 14.7. The van der Waals surface area contributed by atoms with E-state index in [9.17, 15) is 13.2 Å². The highest BCUT2D eigenvalue weighted by atomic mass is 32.2. The Hall–Kier alpha value is -1.76. The average Bonchev–Trinajstić information content (AvgIpc) is 2.43. The van der Waals surface area contributed by atoms with E-state index in [1.807, 2.05) is 13.8 Å². The van der Waals surface area contributed by atoms with Gasteiger partial charge in [-0.15, -0.1) is 0 Å². The third-order valence-corrected chi connectivity index (χ3v) is 5.13. The molecule has 116 valence electrons. The quantitative estimate of drug-likeness (QED) is 0.898. The first-order valence-corrected chi connectivity index (χ1v) is 8.43. The SMILES string of the molecule is CC(C)CCS(=O)(=O)N1CCOc2c(C(=O)O)cccc21. The Balaban J connectivity index is 2.39. The number of benzene rings is 1. The van der Waals surface area contributed by atoms with Gasteiger partial charge in [-0.3, -0.25) is 4.31 Å². The number of ether oxygens (including phenoxy) is 1. The molecular formula is C14H19NO5S. The molecule has 0 atom stereocenters. The van der Waals surface area contributed by atoms with Gasteiger partial charge in [0, 0.05) is 0 Å². The van der Waals surface area contributed by atoms with Gasteiger partial charge in [0.25, 0.3) is 0 Å². The number of carboxylic acid groups (broad SMARTS) is 1. The number of anilines is 1. The number of sulfonamides is 1. The molecule has 0 radical (unpaired) electrons. The fourth-order valence-electron chi connectivity index (χ4n) is 2.18. The lowest BCUT2D eigenvalue weighted by Gasteiger charge is -2.31. The molecule has 0 bridgehead atoms. The van der Waals surface area contributed by atoms with Crippen molar-refractivity contribution in [3.8, 4) is 5.75 Å². The van der Waals surface area contributed by atoms with Crippen molar-refractivity contribution in [2.75, 3.05) is 23.2 Å². The summed E-state index contributed by atoms with van der Waals surface area (Å²) in [6.45, 7) is 4.28. The van der Waals surface area contributed by atoms with Crippen LogP contribution in [0.15, 0.2) is 18.2 Å². The van der Waals surface area contributed by atoms with Crippen LogP contribution in [0.3, 0.4) is 0 Å². The molecule has 7 heteroatoms. The molecule has 0 unspecified atom stereocenters. The molecule has 1 aliphatic rings. The van der Waals surface area contributed by atoms with Gasteiger partial charge >= 0.3 is 5.97 Å². The van der Waals surface area contributed by atoms with Gasteiger partial charge in [-0.05, 0) is 24.5 Å². The Morgan fingerprint density at radius 2 is 2.14 bits per heavy atom. The molecule has 1 N–H and O–H groups in total. The zero-order valence-electron chi connectivity index (χ0n) is 12.1. The summed E-state index contributed by atoms with van der Waals surface area (Å²) >= 11 is 0. The van der Waals surface area contributed by atoms with Gasteiger partial charge in [0.2, 0.25) is 10.0 Å². The zero-order valence-corrected chi connectivity index (χ0v) is 12.9. The maximum atomic E-state index is 12.5. The smallest absolute Gasteiger partial charge is 0.339 e. The molecule has 2 rings (SSSR count). The number of aromatic carboxylic acids is 1. The number of hydrogen-bond donors (Lipinski definition) is 1. The summed E-state index contributed by atoms with van der Waals surface area (Å²) in [5.74, 6) is -0.676. The predicted molar refractivity (Wildman–Crippen MR) is 79.5 cm³/mol. The van der Waals surface area contributed by atoms with Crippen LogP contribution < -0.4 is 9.04 Å². The van der Waals surface area contributed by atoms with Crippen LogP contribution >= 0.6 is 0 Å². The highest BCUT2D eigenvalue weighted by Crippen LogP contribution is 2.36. The minimum absolute atomic E-state index is 0.0174. The van der Waals surface area contributed by atoms with Crippen molar-refractivity contribution in [1.29, 1.82) is 0 Å². The summed E-state index contributed by atoms with van der Waals surface area (Å²) < 4.78 is 31.6. The molecule has 0 saturated heterocycles. The van der Waals surface area contributed by atoms with E-state index in [0.29, 0.717) is 12.1 Å². The Bertz CT molecular complexity index is 639. The van der Waals surface area contributed by atoms with E-state index in [-0.39, 0.29) is 36.1 Å². The van der Waals surface area contributed by atoms with E-state index in [1.165, 1.54) is 16.4 Å². The number of fused-ring (bicyclic) bond motifs is 1. The van der Waals surface area contributed by atoms with Crippen LogP contribution in [0.5, 0.6) is 5.75 Å². The van der Waals surface area contributed by atoms with E-state index in [1.54, 1.807) is 6.07 Å². The molecule has 0 spiro atoms. The summed E-state index contributed by atoms with van der Waals surface area (Å²) in [5.41, 5.74) is 0.293. The fraction of sp³-hybridized carbons (Fsp3) is 0.500. The predicted octanol–water partition coefficient (Wildman–Crippen LogP) is 1.96. The number of carboxylic acids is 1. The number of nitrogens with zero attached hydrogens (tertiary/aromatic N) is 1. The maximum Gasteiger partial charge on any atom is 0.339 e. The van der Waals surface area contributed by atoms with Crippen molar-refractivity contribution >= 4 is 21.7 Å². The van der Waals surface area contributed by atoms with Crippen LogP contribution in [0.4, 0.5) is 5.69 Å². The maximum absolute atomic E-state index is 12.5. The largest absolute Gasteiger partial charge is 0.489 e. The molecule has 0 saturated carbocycles. The number of para-hydroxylation sites is 1. The van der Waals surface area contributed by atoms with Crippen molar-refractivity contribution in [2.45, 2.75) is 20.3 Å². The summed E-state index contributed by atoms with van der Waals surface area (Å²) in [4.78, 5) is 11.2. The number of hydrogen-bond acceptors (Lipinski definition) is 4. The lowest BCUT2D eigenvalue weighted by molar-refractivity contribution is 0.0692. The van der Waals surface area contributed by atoms with Gasteiger partial charge in [-0.25, -0.2) is 13.2 Å². The zero-order chi connectivity index (χ0) is 15.6. The van der Waals surface area contributed by atoms with Crippen molar-refractivity contribution in [3.05, 3.63) is 23.8 Å². The van der Waals surface area contributed by atoms with E-state index in [4.69, 9.17) is 9.84 Å². The Labute approximate surface area is 124 Å². The van der Waals surface area contributed by atoms with Gasteiger partial charge in [0.15, 0.2) is 5.75 Å². The second-order valence-corrected chi connectivity index (χ2v) is 7.39. The van der Waals surface area contributed by atoms with E-state index < -0.39 is 16.0 Å². The molecule has 0 aliphatic carbocycles. The first-order valence-electron chi connectivity index (χ1n) is 6.82. The standard InChI is InChI=1S/C14H19NO5S/c1-10(2)6-9-21(18,19)15-7-8-20-13-11(14(16)17)4-3-5-12(13)15/h3-5,10H,6-9H2,1-2H3,(H,16,17). The minimum Gasteiger partial charge on any atom is -0.489 e. The van der Waals surface area contributed by atoms with Crippen LogP contribution in [0, 0.1) is 5.92 Å². The third kappa shape index (κ3) is 3.29. The minimum atomic E-state index is -3.47. The highest BCUT2D eigenvalue weighted by Gasteiger charge is 2.30. The molecule has 1 aromatic carbocycles. The van der Waals surface area contributed by atoms with Crippen LogP contribution in [0.1, 0.15) is 30.6 Å². The van der Waals surface area contributed by atoms with Crippen LogP contribution in [0.2, 0.25) is 0 Å². The second-order valence-electron chi connectivity index (χ2n) is 5.38. The second kappa shape index (κ2) is 5.93. The van der Waals surface area contributed by atoms with Crippen LogP contribution in [-0.4, -0.2) is 38.4 Å². The number of carbonyl (C=O) groups is 1. The number of rotatable bonds is 5. The molecule has 21 heavy (non-hydrogen) atoms. The molecule has 6 nitrogen and oxygen atoms in total. The molecule has 1 aromatic rings. The third-order valence-electron chi connectivity index (χ3n) is 3.32. The topological polar surface area (TPSA) is 83.9 Å². The van der Waals surface area contributed by atoms with Crippen LogP contribution in [0.25, 0.3) is 0 Å². The summed E-state index contributed by atoms with van der Waals surface area (Å²) in [6, 6.07) is 4.52. The molecular weight excluding hydrogens is 294 g/mol. The van der Waals surface area contributed by atoms with Gasteiger partial charge < -0.3 is 9.84 Å². The summed E-state index contributed by atoms with van der Waals surface area (Å²) in [6.07, 6.45) is 0.563. The van der Waals surface area contributed by atoms with E-state index >= 15 is 0 Å². The Morgan fingerprint density at radius 1 is 1.43 bits per heavy atom. The molecule has 0 fully saturated rings. The van der Waals surface area contributed by atoms with E-state index in [0.717, 1.165) is 0 Å². The Kier molecular flexibility index (Phi) is 4.41. The molecule has 0 aromatic heterocycles. The molecule has 1 aliphatic heterocycles. The highest BCUT2D eigenvalue weighted by molar-refractivity contribution is 7.92.